The number of methoxy groups -OCH3 is 1. The lowest BCUT2D eigenvalue weighted by atomic mass is 10.2. The summed E-state index contributed by atoms with van der Waals surface area (Å²) >= 11 is 0. The fourth-order valence-corrected chi connectivity index (χ4v) is 2.80. The summed E-state index contributed by atoms with van der Waals surface area (Å²) in [5, 5.41) is 4.93. The van der Waals surface area contributed by atoms with E-state index in [0.717, 1.165) is 0 Å². The molecular formula is C15H13F6N3O5S. The van der Waals surface area contributed by atoms with E-state index >= 15 is 0 Å². The van der Waals surface area contributed by atoms with Gasteiger partial charge in [0.1, 0.15) is 5.75 Å². The van der Waals surface area contributed by atoms with Crippen molar-refractivity contribution in [3.05, 3.63) is 24.3 Å². The molecule has 15 heteroatoms. The lowest BCUT2D eigenvalue weighted by molar-refractivity contribution is -0.155. The van der Waals surface area contributed by atoms with Gasteiger partial charge in [-0.05, 0) is 12.1 Å². The molecule has 0 bridgehead atoms. The van der Waals surface area contributed by atoms with E-state index in [0.29, 0.717) is 0 Å². The van der Waals surface area contributed by atoms with E-state index < -0.39 is 58.1 Å². The minimum Gasteiger partial charge on any atom is -0.496 e. The summed E-state index contributed by atoms with van der Waals surface area (Å²) in [5.74, 6) is -2.90. The van der Waals surface area contributed by atoms with Crippen LogP contribution in [0.2, 0.25) is 0 Å². The van der Waals surface area contributed by atoms with Crippen molar-refractivity contribution in [3.8, 4) is 28.9 Å². The van der Waals surface area contributed by atoms with Crippen molar-refractivity contribution in [2.75, 3.05) is 20.3 Å². The molecule has 2 aromatic rings. The Bertz CT molecular complexity index is 972. The zero-order valence-corrected chi connectivity index (χ0v) is 15.7. The molecule has 0 saturated heterocycles. The Morgan fingerprint density at radius 2 is 1.40 bits per heavy atom. The van der Waals surface area contributed by atoms with E-state index in [2.05, 4.69) is 19.4 Å². The van der Waals surface area contributed by atoms with Gasteiger partial charge in [-0.3, -0.25) is 0 Å². The average molecular weight is 461 g/mol. The molecule has 0 amide bonds. The molecule has 30 heavy (non-hydrogen) atoms. The van der Waals surface area contributed by atoms with Gasteiger partial charge in [0.2, 0.25) is 26.7 Å². The summed E-state index contributed by atoms with van der Waals surface area (Å²) in [7, 11) is -3.72. The van der Waals surface area contributed by atoms with Crippen LogP contribution in [0.3, 0.4) is 0 Å². The number of halogens is 6. The third kappa shape index (κ3) is 6.35. The first-order valence-electron chi connectivity index (χ1n) is 7.68. The van der Waals surface area contributed by atoms with E-state index in [1.54, 1.807) is 0 Å². The van der Waals surface area contributed by atoms with Crippen LogP contribution in [-0.2, 0) is 10.0 Å². The quantitative estimate of drug-likeness (QED) is 0.631. The maximum Gasteiger partial charge on any atom is 0.422 e. The highest BCUT2D eigenvalue weighted by Crippen LogP contribution is 2.36. The van der Waals surface area contributed by atoms with E-state index in [9.17, 15) is 34.8 Å². The summed E-state index contributed by atoms with van der Waals surface area (Å²) in [4.78, 5) is 5.82. The van der Waals surface area contributed by atoms with Crippen LogP contribution in [0.15, 0.2) is 29.2 Å². The molecule has 8 nitrogen and oxygen atoms in total. The first-order valence-corrected chi connectivity index (χ1v) is 9.23. The zero-order valence-electron chi connectivity index (χ0n) is 14.9. The summed E-state index contributed by atoms with van der Waals surface area (Å²) in [6.07, 6.45) is -9.84. The van der Waals surface area contributed by atoms with Gasteiger partial charge >= 0.3 is 12.4 Å². The molecule has 1 aromatic carbocycles. The Morgan fingerprint density at radius 3 is 1.80 bits per heavy atom. The van der Waals surface area contributed by atoms with Gasteiger partial charge in [0.05, 0.1) is 12.7 Å². The molecule has 2 rings (SSSR count). The van der Waals surface area contributed by atoms with Gasteiger partial charge < -0.3 is 14.2 Å². The Morgan fingerprint density at radius 1 is 0.933 bits per heavy atom. The molecule has 0 aliphatic carbocycles. The topological polar surface area (TPSA) is 114 Å². The van der Waals surface area contributed by atoms with Crippen molar-refractivity contribution < 1.29 is 49.0 Å². The molecule has 0 spiro atoms. The minimum atomic E-state index is -4.96. The van der Waals surface area contributed by atoms with E-state index in [4.69, 9.17) is 9.88 Å². The standard InChI is InChI=1S/C15H13F6N3O5S/c1-27-9-5-3-2-4-8(9)11-23-12(28-6-14(16,17)18)10(30(22,25)26)13(24-11)29-7-15(19,20)21/h2-5H,6-7H2,1H3,(H2,22,25,26). The molecule has 0 unspecified atom stereocenters. The van der Waals surface area contributed by atoms with Gasteiger partial charge in [-0.15, -0.1) is 0 Å². The molecule has 0 aliphatic heterocycles. The molecule has 0 saturated carbocycles. The van der Waals surface area contributed by atoms with Crippen molar-refractivity contribution in [3.63, 3.8) is 0 Å². The summed E-state index contributed by atoms with van der Waals surface area (Å²) in [6, 6.07) is 5.69. The first kappa shape index (κ1) is 23.5. The number of benzene rings is 1. The summed E-state index contributed by atoms with van der Waals surface area (Å²) in [6.45, 7) is -4.01. The molecule has 166 valence electrons. The number of nitrogens with zero attached hydrogens (tertiary/aromatic N) is 2. The van der Waals surface area contributed by atoms with Crippen molar-refractivity contribution in [1.82, 2.24) is 9.97 Å². The smallest absolute Gasteiger partial charge is 0.422 e. The highest BCUT2D eigenvalue weighted by atomic mass is 32.2. The molecule has 0 atom stereocenters. The first-order chi connectivity index (χ1) is 13.7. The number of aromatic nitrogens is 2. The van der Waals surface area contributed by atoms with Crippen LogP contribution in [0, 0.1) is 0 Å². The third-order valence-corrected chi connectivity index (χ3v) is 4.10. The van der Waals surface area contributed by atoms with Crippen molar-refractivity contribution in [2.24, 2.45) is 5.14 Å². The second-order valence-electron chi connectivity index (χ2n) is 5.54. The predicted octanol–water partition coefficient (Wildman–Crippen LogP) is 2.68. The van der Waals surface area contributed by atoms with E-state index in [1.165, 1.54) is 31.4 Å². The van der Waals surface area contributed by atoms with Gasteiger partial charge in [0, 0.05) is 0 Å². The number of alkyl halides is 6. The van der Waals surface area contributed by atoms with Gasteiger partial charge in [-0.2, -0.15) is 36.3 Å². The lowest BCUT2D eigenvalue weighted by Crippen LogP contribution is -2.25. The van der Waals surface area contributed by atoms with Gasteiger partial charge in [-0.25, -0.2) is 13.6 Å². The molecule has 0 aliphatic rings. The average Bonchev–Trinajstić information content (AvgIpc) is 2.62. The summed E-state index contributed by atoms with van der Waals surface area (Å²) < 4.78 is 113. The number of hydrogen-bond donors (Lipinski definition) is 1. The van der Waals surface area contributed by atoms with Crippen molar-refractivity contribution >= 4 is 10.0 Å². The molecule has 0 radical (unpaired) electrons. The number of hydrogen-bond acceptors (Lipinski definition) is 7. The third-order valence-electron chi connectivity index (χ3n) is 3.18. The lowest BCUT2D eigenvalue weighted by Gasteiger charge is -2.17. The van der Waals surface area contributed by atoms with Gasteiger partial charge in [-0.1, -0.05) is 12.1 Å². The number of nitrogens with two attached hydrogens (primary N) is 1. The van der Waals surface area contributed by atoms with E-state index in [1.807, 2.05) is 0 Å². The monoisotopic (exact) mass is 461 g/mol. The summed E-state index contributed by atoms with van der Waals surface area (Å²) in [5.41, 5.74) is 0.00897. The number of para-hydroxylation sites is 1. The van der Waals surface area contributed by atoms with Crippen LogP contribution in [0.4, 0.5) is 26.3 Å². The van der Waals surface area contributed by atoms with Crippen LogP contribution in [0.1, 0.15) is 0 Å². The zero-order chi connectivity index (χ0) is 22.7. The predicted molar refractivity (Wildman–Crippen MR) is 88.5 cm³/mol. The van der Waals surface area contributed by atoms with Gasteiger partial charge in [0.25, 0.3) is 0 Å². The fourth-order valence-electron chi connectivity index (χ4n) is 2.10. The molecule has 1 aromatic heterocycles. The van der Waals surface area contributed by atoms with E-state index in [-0.39, 0.29) is 11.3 Å². The Balaban J connectivity index is 2.72. The minimum absolute atomic E-state index is 0.00897. The molecular weight excluding hydrogens is 448 g/mol. The largest absolute Gasteiger partial charge is 0.496 e. The molecule has 2 N–H and O–H groups in total. The number of sulfonamides is 1. The van der Waals surface area contributed by atoms with Crippen molar-refractivity contribution in [1.29, 1.82) is 0 Å². The second kappa shape index (κ2) is 8.51. The number of primary sulfonamides is 1. The fraction of sp³-hybridized carbons (Fsp3) is 0.333. The highest BCUT2D eigenvalue weighted by Gasteiger charge is 2.35. The Kier molecular flexibility index (Phi) is 6.66. The molecule has 1 heterocycles. The van der Waals surface area contributed by atoms with Crippen molar-refractivity contribution in [2.45, 2.75) is 17.2 Å². The number of ether oxygens (including phenoxy) is 3. The van der Waals surface area contributed by atoms with Crippen LogP contribution >= 0.6 is 0 Å². The van der Waals surface area contributed by atoms with Crippen LogP contribution in [0.5, 0.6) is 17.5 Å². The second-order valence-corrected chi connectivity index (χ2v) is 7.04. The maximum atomic E-state index is 12.6. The van der Waals surface area contributed by atoms with Crippen LogP contribution < -0.4 is 19.3 Å². The molecule has 0 fully saturated rings. The van der Waals surface area contributed by atoms with Crippen LogP contribution in [-0.4, -0.2) is 51.1 Å². The Labute approximate surface area is 165 Å². The highest BCUT2D eigenvalue weighted by molar-refractivity contribution is 7.89. The Hall–Kier alpha value is -2.81. The van der Waals surface area contributed by atoms with Gasteiger partial charge in [0.15, 0.2) is 19.0 Å². The maximum absolute atomic E-state index is 12.6. The SMILES string of the molecule is COc1ccccc1-c1nc(OCC(F)(F)F)c(S(N)(=O)=O)c(OCC(F)(F)F)n1. The van der Waals surface area contributed by atoms with Crippen LogP contribution in [0.25, 0.3) is 11.4 Å². The normalized spacial score (nSPS) is 12.5. The number of rotatable bonds is 7.